The molecule has 0 amide bonds. The predicted molar refractivity (Wildman–Crippen MR) is 224 cm³/mol. The van der Waals surface area contributed by atoms with Crippen molar-refractivity contribution in [2.75, 3.05) is 52.9 Å². The van der Waals surface area contributed by atoms with Gasteiger partial charge in [-0.3, -0.25) is 4.79 Å². The van der Waals surface area contributed by atoms with E-state index >= 15 is 0 Å². The van der Waals surface area contributed by atoms with E-state index in [0.717, 1.165) is 82.6 Å². The van der Waals surface area contributed by atoms with Crippen LogP contribution >= 0.6 is 0 Å². The quantitative estimate of drug-likeness (QED) is 0.0384. The predicted octanol–water partition coefficient (Wildman–Crippen LogP) is 8.51. The summed E-state index contributed by atoms with van der Waals surface area (Å²) in [6.07, 6.45) is 5.11. The Balaban J connectivity index is 2.11. The van der Waals surface area contributed by atoms with Crippen LogP contribution in [0, 0.1) is 0 Å². The Morgan fingerprint density at radius 3 is 1.64 bits per heavy atom. The molecule has 12 heteroatoms. The standard InChI is InChI=1S/C46H78O12/c1-8-14-23-31-53-45-43(54-32-36-24-21-20-22-25-36)42(52-30-19-13-6)40(38(56-45)34-49-27-16-10-3)58-46-44(55-35(7)47)41(51-29-18-12-5)39(50-28-17-11-4)37(57-46)33-48-26-15-9-2/h8,20-22,24-25,37-46H,1,9-19,23,26-34H2,2-7H3/t37?,38?,39-,40-,41+,42+,43?,44?,45-,46-/m1/s1. The Bertz CT molecular complexity index is 1170. The number of hydrogen-bond acceptors (Lipinski definition) is 12. The summed E-state index contributed by atoms with van der Waals surface area (Å²) in [6.45, 7) is 19.6. The van der Waals surface area contributed by atoms with Crippen molar-refractivity contribution in [3.8, 4) is 0 Å². The lowest BCUT2D eigenvalue weighted by Crippen LogP contribution is -2.66. The lowest BCUT2D eigenvalue weighted by molar-refractivity contribution is -0.372. The van der Waals surface area contributed by atoms with E-state index in [9.17, 15) is 4.79 Å². The molecule has 4 unspecified atom stereocenters. The van der Waals surface area contributed by atoms with E-state index in [1.165, 1.54) is 6.92 Å². The molecule has 1 aromatic carbocycles. The van der Waals surface area contributed by atoms with E-state index in [1.54, 1.807) is 0 Å². The third-order valence-electron chi connectivity index (χ3n) is 10.2. The molecule has 1 aromatic rings. The van der Waals surface area contributed by atoms with Gasteiger partial charge in [0.1, 0.15) is 42.7 Å². The summed E-state index contributed by atoms with van der Waals surface area (Å²) >= 11 is 0. The fraction of sp³-hybridized carbons (Fsp3) is 0.804. The second-order valence-electron chi connectivity index (χ2n) is 15.2. The van der Waals surface area contributed by atoms with Gasteiger partial charge < -0.3 is 52.1 Å². The van der Waals surface area contributed by atoms with Crippen molar-refractivity contribution in [1.82, 2.24) is 0 Å². The fourth-order valence-electron chi connectivity index (χ4n) is 6.84. The summed E-state index contributed by atoms with van der Waals surface area (Å²) in [6, 6.07) is 10.00. The third-order valence-corrected chi connectivity index (χ3v) is 10.2. The highest BCUT2D eigenvalue weighted by Crippen LogP contribution is 2.36. The van der Waals surface area contributed by atoms with Gasteiger partial charge in [-0.2, -0.15) is 0 Å². The highest BCUT2D eigenvalue weighted by atomic mass is 16.8. The molecule has 58 heavy (non-hydrogen) atoms. The highest BCUT2D eigenvalue weighted by molar-refractivity contribution is 5.66. The average Bonchev–Trinajstić information content (AvgIpc) is 3.22. The molecule has 0 aliphatic carbocycles. The summed E-state index contributed by atoms with van der Waals surface area (Å²) in [5.41, 5.74) is 1.00. The van der Waals surface area contributed by atoms with Crippen molar-refractivity contribution in [1.29, 1.82) is 0 Å². The molecule has 3 rings (SSSR count). The van der Waals surface area contributed by atoms with E-state index in [0.29, 0.717) is 46.2 Å². The van der Waals surface area contributed by atoms with Gasteiger partial charge in [0, 0.05) is 40.0 Å². The number of rotatable bonds is 33. The first-order chi connectivity index (χ1) is 28.4. The van der Waals surface area contributed by atoms with Crippen molar-refractivity contribution in [2.24, 2.45) is 0 Å². The molecule has 0 radical (unpaired) electrons. The maximum absolute atomic E-state index is 12.9. The number of hydrogen-bond donors (Lipinski definition) is 0. The molecule has 2 aliphatic heterocycles. The molecule has 2 aliphatic rings. The smallest absolute Gasteiger partial charge is 0.303 e. The van der Waals surface area contributed by atoms with Crippen LogP contribution in [0.5, 0.6) is 0 Å². The van der Waals surface area contributed by atoms with Gasteiger partial charge in [0.05, 0.1) is 26.4 Å². The van der Waals surface area contributed by atoms with Crippen LogP contribution in [0.4, 0.5) is 0 Å². The van der Waals surface area contributed by atoms with Crippen LogP contribution in [0.3, 0.4) is 0 Å². The minimum absolute atomic E-state index is 0.212. The van der Waals surface area contributed by atoms with E-state index in [4.69, 9.17) is 52.1 Å². The molecular formula is C46H78O12. The zero-order valence-electron chi connectivity index (χ0n) is 36.7. The number of carbonyl (C=O) groups is 1. The van der Waals surface area contributed by atoms with Crippen LogP contribution in [0.2, 0.25) is 0 Å². The third kappa shape index (κ3) is 17.9. The minimum atomic E-state index is -1.09. The fourth-order valence-corrected chi connectivity index (χ4v) is 6.84. The minimum Gasteiger partial charge on any atom is -0.454 e. The highest BCUT2D eigenvalue weighted by Gasteiger charge is 2.55. The van der Waals surface area contributed by atoms with Gasteiger partial charge in [0.15, 0.2) is 18.7 Å². The monoisotopic (exact) mass is 823 g/mol. The number of benzene rings is 1. The second kappa shape index (κ2) is 31.0. The summed E-state index contributed by atoms with van der Waals surface area (Å²) in [5, 5.41) is 0. The van der Waals surface area contributed by atoms with Crippen molar-refractivity contribution < 1.29 is 56.9 Å². The van der Waals surface area contributed by atoms with Gasteiger partial charge >= 0.3 is 5.97 Å². The van der Waals surface area contributed by atoms with Crippen LogP contribution in [0.1, 0.15) is 124 Å². The summed E-state index contributed by atoms with van der Waals surface area (Å²) in [7, 11) is 0. The topological polar surface area (TPSA) is 119 Å². The maximum atomic E-state index is 12.9. The van der Waals surface area contributed by atoms with E-state index in [-0.39, 0.29) is 13.2 Å². The molecule has 2 saturated heterocycles. The lowest BCUT2D eigenvalue weighted by Gasteiger charge is -2.50. The molecule has 12 nitrogen and oxygen atoms in total. The lowest BCUT2D eigenvalue weighted by atomic mass is 9.95. The molecule has 10 atom stereocenters. The number of allylic oxidation sites excluding steroid dienone is 1. The van der Waals surface area contributed by atoms with Crippen LogP contribution in [-0.4, -0.2) is 120 Å². The van der Waals surface area contributed by atoms with Crippen molar-refractivity contribution in [3.05, 3.63) is 48.6 Å². The zero-order valence-corrected chi connectivity index (χ0v) is 36.7. The Kier molecular flexibility index (Phi) is 26.9. The van der Waals surface area contributed by atoms with Gasteiger partial charge in [0.2, 0.25) is 0 Å². The second-order valence-corrected chi connectivity index (χ2v) is 15.2. The van der Waals surface area contributed by atoms with E-state index < -0.39 is 67.4 Å². The molecule has 2 heterocycles. The Labute approximate surface area is 350 Å². The molecule has 0 spiro atoms. The maximum Gasteiger partial charge on any atom is 0.303 e. The van der Waals surface area contributed by atoms with Gasteiger partial charge in [-0.15, -0.1) is 6.58 Å². The van der Waals surface area contributed by atoms with Crippen LogP contribution in [0.15, 0.2) is 43.0 Å². The van der Waals surface area contributed by atoms with Crippen LogP contribution in [0.25, 0.3) is 0 Å². The number of unbranched alkanes of at least 4 members (excludes halogenated alkanes) is 6. The van der Waals surface area contributed by atoms with Gasteiger partial charge in [-0.05, 0) is 50.5 Å². The van der Waals surface area contributed by atoms with Gasteiger partial charge in [-0.25, -0.2) is 0 Å². The molecule has 0 bridgehead atoms. The van der Waals surface area contributed by atoms with Crippen LogP contribution < -0.4 is 0 Å². The number of esters is 1. The Morgan fingerprint density at radius 1 is 0.586 bits per heavy atom. The largest absolute Gasteiger partial charge is 0.454 e. The molecule has 2 fully saturated rings. The number of ether oxygens (including phenoxy) is 11. The van der Waals surface area contributed by atoms with Crippen LogP contribution in [-0.2, 0) is 63.5 Å². The Hall–Kier alpha value is -1.97. The molecule has 334 valence electrons. The number of carbonyl (C=O) groups excluding carboxylic acids is 1. The molecular weight excluding hydrogens is 744 g/mol. The normalized spacial score (nSPS) is 27.4. The van der Waals surface area contributed by atoms with Crippen molar-refractivity contribution >= 4 is 5.97 Å². The summed E-state index contributed by atoms with van der Waals surface area (Å²) < 4.78 is 72.5. The van der Waals surface area contributed by atoms with E-state index in [1.807, 2.05) is 36.4 Å². The first-order valence-electron chi connectivity index (χ1n) is 22.4. The van der Waals surface area contributed by atoms with E-state index in [2.05, 4.69) is 41.2 Å². The van der Waals surface area contributed by atoms with Crippen molar-refractivity contribution in [3.63, 3.8) is 0 Å². The Morgan fingerprint density at radius 2 is 1.09 bits per heavy atom. The average molecular weight is 823 g/mol. The molecule has 0 aromatic heterocycles. The van der Waals surface area contributed by atoms with Crippen molar-refractivity contribution in [2.45, 2.75) is 187 Å². The molecule has 0 N–H and O–H groups in total. The SMILES string of the molecule is C=CCCCO[C@@H]1OC(COCCCC)[C@@H](O[C@H]2OC(COCCCC)[C@@H](OCCCC)[C@H](OCCCC)C2OC(C)=O)[C@H](OCCCC)C1OCc1ccccc1. The first-order valence-corrected chi connectivity index (χ1v) is 22.4. The van der Waals surface area contributed by atoms with Gasteiger partial charge in [-0.1, -0.05) is 103 Å². The van der Waals surface area contributed by atoms with Gasteiger partial charge in [0.25, 0.3) is 0 Å². The first kappa shape index (κ1) is 50.4. The molecule has 0 saturated carbocycles. The zero-order chi connectivity index (χ0) is 41.8. The summed E-state index contributed by atoms with van der Waals surface area (Å²) in [4.78, 5) is 12.9. The summed E-state index contributed by atoms with van der Waals surface area (Å²) in [5.74, 6) is -0.483.